The Kier molecular flexibility index (Phi) is 10.8. The molecule has 0 amide bonds. The molecular formula is C25H35NO6S. The fourth-order valence-corrected chi connectivity index (χ4v) is 3.85. The number of benzene rings is 2. The van der Waals surface area contributed by atoms with Gasteiger partial charge in [-0.15, -0.1) is 0 Å². The fraction of sp³-hybridized carbons (Fsp3) is 0.480. The first-order valence-electron chi connectivity index (χ1n) is 11.4. The van der Waals surface area contributed by atoms with Gasteiger partial charge in [-0.3, -0.25) is 9.35 Å². The third-order valence-electron chi connectivity index (χ3n) is 5.34. The van der Waals surface area contributed by atoms with Gasteiger partial charge in [0.05, 0.1) is 17.1 Å². The zero-order chi connectivity index (χ0) is 24.3. The van der Waals surface area contributed by atoms with Crippen LogP contribution in [-0.4, -0.2) is 56.5 Å². The van der Waals surface area contributed by atoms with E-state index in [2.05, 4.69) is 18.7 Å². The average molecular weight is 478 g/mol. The molecular weight excluding hydrogens is 442 g/mol. The maximum absolute atomic E-state index is 11.5. The molecule has 182 valence electrons. The molecule has 0 saturated heterocycles. The fourth-order valence-electron chi connectivity index (χ4n) is 3.37. The lowest BCUT2D eigenvalue weighted by molar-refractivity contribution is 0.0961. The van der Waals surface area contributed by atoms with Crippen molar-refractivity contribution in [2.45, 2.75) is 51.3 Å². The Hall–Kier alpha value is -2.42. The van der Waals surface area contributed by atoms with Gasteiger partial charge < -0.3 is 14.4 Å². The Morgan fingerprint density at radius 1 is 1.03 bits per heavy atom. The first kappa shape index (κ1) is 26.8. The summed E-state index contributed by atoms with van der Waals surface area (Å²) >= 11 is 0. The van der Waals surface area contributed by atoms with Crippen molar-refractivity contribution < 1.29 is 27.2 Å². The van der Waals surface area contributed by atoms with Crippen LogP contribution in [-0.2, 0) is 10.1 Å². The number of unbranched alkanes of at least 4 members (excludes halogenated alkanes) is 2. The van der Waals surface area contributed by atoms with Crippen molar-refractivity contribution in [3.8, 4) is 11.5 Å². The lowest BCUT2D eigenvalue weighted by atomic mass is 10.1. The van der Waals surface area contributed by atoms with Gasteiger partial charge in [-0.1, -0.05) is 44.4 Å². The van der Waals surface area contributed by atoms with Crippen LogP contribution in [0.15, 0.2) is 47.4 Å². The van der Waals surface area contributed by atoms with Gasteiger partial charge in [0.15, 0.2) is 6.61 Å². The van der Waals surface area contributed by atoms with Crippen molar-refractivity contribution in [2.24, 2.45) is 0 Å². The highest BCUT2D eigenvalue weighted by molar-refractivity contribution is 7.85. The predicted molar refractivity (Wildman–Crippen MR) is 129 cm³/mol. The highest BCUT2D eigenvalue weighted by Crippen LogP contribution is 2.29. The van der Waals surface area contributed by atoms with Crippen molar-refractivity contribution in [1.29, 1.82) is 0 Å². The quantitative estimate of drug-likeness (QED) is 0.367. The van der Waals surface area contributed by atoms with Gasteiger partial charge in [0, 0.05) is 12.6 Å². The van der Waals surface area contributed by atoms with Gasteiger partial charge in [-0.05, 0) is 57.1 Å². The minimum absolute atomic E-state index is 0.0483. The number of nitrogens with zero attached hydrogens (tertiary/aromatic N) is 1. The molecule has 7 nitrogen and oxygen atoms in total. The van der Waals surface area contributed by atoms with E-state index in [4.69, 9.17) is 14.0 Å². The van der Waals surface area contributed by atoms with Gasteiger partial charge in [0.1, 0.15) is 11.5 Å². The van der Waals surface area contributed by atoms with E-state index in [1.54, 1.807) is 18.2 Å². The molecule has 2 aromatic carbocycles. The molecule has 0 aromatic heterocycles. The van der Waals surface area contributed by atoms with E-state index < -0.39 is 10.1 Å². The first-order chi connectivity index (χ1) is 15.7. The molecule has 0 radical (unpaired) electrons. The zero-order valence-corrected chi connectivity index (χ0v) is 20.6. The highest BCUT2D eigenvalue weighted by Gasteiger charge is 2.21. The van der Waals surface area contributed by atoms with Crippen LogP contribution in [0.5, 0.6) is 11.5 Å². The predicted octanol–water partition coefficient (Wildman–Crippen LogP) is 4.78. The summed E-state index contributed by atoms with van der Waals surface area (Å²) in [6.07, 6.45) is 4.86. The molecule has 0 bridgehead atoms. The highest BCUT2D eigenvalue weighted by atomic mass is 32.2. The summed E-state index contributed by atoms with van der Waals surface area (Å²) in [6, 6.07) is 11.5. The molecule has 1 aliphatic heterocycles. The van der Waals surface area contributed by atoms with Gasteiger partial charge in [0.25, 0.3) is 10.1 Å². The Balaban J connectivity index is 0.000000294. The number of fused-ring (bicyclic) bond motifs is 1. The van der Waals surface area contributed by atoms with E-state index in [-0.39, 0.29) is 17.3 Å². The second-order valence-corrected chi connectivity index (χ2v) is 9.42. The maximum atomic E-state index is 11.5. The van der Waals surface area contributed by atoms with Crippen LogP contribution >= 0.6 is 0 Å². The third kappa shape index (κ3) is 9.15. The molecule has 1 N–H and O–H groups in total. The SMILES string of the molecule is CCCCCN(CC)CCCOc1ccc2c(c1)OCC2=O.Cc1ccc(S(=O)(=O)O)cc1. The van der Waals surface area contributed by atoms with Crippen LogP contribution in [0.4, 0.5) is 0 Å². The molecule has 1 heterocycles. The lowest BCUT2D eigenvalue weighted by Gasteiger charge is -2.20. The van der Waals surface area contributed by atoms with Crippen molar-refractivity contribution in [2.75, 3.05) is 32.8 Å². The number of hydrogen-bond donors (Lipinski definition) is 1. The summed E-state index contributed by atoms with van der Waals surface area (Å²) in [5.74, 6) is 1.48. The monoisotopic (exact) mass is 477 g/mol. The Labute approximate surface area is 197 Å². The van der Waals surface area contributed by atoms with E-state index in [9.17, 15) is 13.2 Å². The van der Waals surface area contributed by atoms with Gasteiger partial charge in [-0.2, -0.15) is 8.42 Å². The van der Waals surface area contributed by atoms with Crippen LogP contribution in [0, 0.1) is 6.92 Å². The van der Waals surface area contributed by atoms with Crippen LogP contribution in [0.25, 0.3) is 0 Å². The van der Waals surface area contributed by atoms with E-state index in [0.717, 1.165) is 30.8 Å². The summed E-state index contributed by atoms with van der Waals surface area (Å²) in [5, 5.41) is 0. The zero-order valence-electron chi connectivity index (χ0n) is 19.7. The van der Waals surface area contributed by atoms with E-state index in [1.165, 1.54) is 37.9 Å². The van der Waals surface area contributed by atoms with Gasteiger partial charge in [-0.25, -0.2) is 0 Å². The summed E-state index contributed by atoms with van der Waals surface area (Å²) in [6.45, 7) is 10.5. The number of Topliss-reactive ketones (excluding diaryl/α,β-unsaturated/α-hetero) is 1. The normalized spacial score (nSPS) is 12.7. The van der Waals surface area contributed by atoms with Crippen molar-refractivity contribution in [3.63, 3.8) is 0 Å². The van der Waals surface area contributed by atoms with E-state index in [0.29, 0.717) is 17.9 Å². The van der Waals surface area contributed by atoms with Crippen LogP contribution < -0.4 is 9.47 Å². The van der Waals surface area contributed by atoms with Crippen LogP contribution in [0.2, 0.25) is 0 Å². The summed E-state index contributed by atoms with van der Waals surface area (Å²) < 4.78 is 40.7. The van der Waals surface area contributed by atoms with Crippen molar-refractivity contribution >= 4 is 15.9 Å². The second-order valence-electron chi connectivity index (χ2n) is 8.00. The van der Waals surface area contributed by atoms with Crippen LogP contribution in [0.1, 0.15) is 55.5 Å². The lowest BCUT2D eigenvalue weighted by Crippen LogP contribution is -2.26. The largest absolute Gasteiger partial charge is 0.493 e. The Morgan fingerprint density at radius 3 is 2.36 bits per heavy atom. The van der Waals surface area contributed by atoms with Crippen LogP contribution in [0.3, 0.4) is 0 Å². The van der Waals surface area contributed by atoms with Crippen molar-refractivity contribution in [1.82, 2.24) is 4.90 Å². The number of rotatable bonds is 11. The number of carbonyl (C=O) groups is 1. The molecule has 3 rings (SSSR count). The second kappa shape index (κ2) is 13.3. The van der Waals surface area contributed by atoms with Crippen molar-refractivity contribution in [3.05, 3.63) is 53.6 Å². The van der Waals surface area contributed by atoms with E-state index >= 15 is 0 Å². The van der Waals surface area contributed by atoms with E-state index in [1.807, 2.05) is 19.1 Å². The molecule has 0 saturated carbocycles. The molecule has 8 heteroatoms. The number of hydrogen-bond acceptors (Lipinski definition) is 6. The number of ketones is 1. The molecule has 0 atom stereocenters. The molecule has 0 fully saturated rings. The smallest absolute Gasteiger partial charge is 0.294 e. The summed E-state index contributed by atoms with van der Waals surface area (Å²) in [5.41, 5.74) is 1.62. The third-order valence-corrected chi connectivity index (χ3v) is 6.21. The molecule has 33 heavy (non-hydrogen) atoms. The number of ether oxygens (including phenoxy) is 2. The molecule has 1 aliphatic rings. The first-order valence-corrected chi connectivity index (χ1v) is 12.9. The molecule has 0 spiro atoms. The number of carbonyl (C=O) groups excluding carboxylic acids is 1. The van der Waals surface area contributed by atoms with Gasteiger partial charge >= 0.3 is 0 Å². The summed E-state index contributed by atoms with van der Waals surface area (Å²) in [7, 11) is -4.02. The Morgan fingerprint density at radius 2 is 1.73 bits per heavy atom. The molecule has 2 aromatic rings. The summed E-state index contributed by atoms with van der Waals surface area (Å²) in [4.78, 5) is 13.9. The Bertz CT molecular complexity index is 988. The standard InChI is InChI=1S/C18H27NO3.C7H8O3S/c1-3-5-6-10-19(4-2)11-7-12-21-15-8-9-16-17(20)14-22-18(16)13-15;1-6-2-4-7(5-3-6)11(8,9)10/h8-9,13H,3-7,10-12,14H2,1-2H3;2-5H,1H3,(H,8,9,10). The topological polar surface area (TPSA) is 93.1 Å². The average Bonchev–Trinajstić information content (AvgIpc) is 3.15. The maximum Gasteiger partial charge on any atom is 0.294 e. The molecule has 0 aliphatic carbocycles. The number of aryl methyl sites for hydroxylation is 1. The molecule has 0 unspecified atom stereocenters. The minimum atomic E-state index is -4.02. The minimum Gasteiger partial charge on any atom is -0.493 e. The van der Waals surface area contributed by atoms with Gasteiger partial charge in [0.2, 0.25) is 5.78 Å².